The fourth-order valence-corrected chi connectivity index (χ4v) is 3.16. The van der Waals surface area contributed by atoms with Crippen molar-refractivity contribution >= 4 is 17.7 Å². The van der Waals surface area contributed by atoms with Gasteiger partial charge in [-0.2, -0.15) is 0 Å². The van der Waals surface area contributed by atoms with E-state index in [0.717, 1.165) is 17.3 Å². The molecule has 0 bridgehead atoms. The molecule has 1 aliphatic rings. The molecule has 118 valence electrons. The van der Waals surface area contributed by atoms with E-state index < -0.39 is 5.97 Å². The number of aromatic nitrogens is 2. The van der Waals surface area contributed by atoms with E-state index in [4.69, 9.17) is 14.6 Å². The molecule has 0 amide bonds. The molecule has 1 N–H and O–H groups in total. The largest absolute Gasteiger partial charge is 0.481 e. The minimum Gasteiger partial charge on any atom is -0.481 e. The van der Waals surface area contributed by atoms with Gasteiger partial charge >= 0.3 is 5.97 Å². The zero-order valence-electron chi connectivity index (χ0n) is 12.7. The number of hydrogen-bond donors (Lipinski definition) is 1. The quantitative estimate of drug-likeness (QED) is 0.776. The molecule has 1 saturated heterocycles. The topological polar surface area (TPSA) is 73.6 Å². The van der Waals surface area contributed by atoms with Crippen molar-refractivity contribution in [3.8, 4) is 0 Å². The lowest BCUT2D eigenvalue weighted by Crippen LogP contribution is -2.37. The molecule has 1 atom stereocenters. The zero-order chi connectivity index (χ0) is 15.5. The molecule has 0 spiro atoms. The van der Waals surface area contributed by atoms with Crippen molar-refractivity contribution in [3.63, 3.8) is 0 Å². The van der Waals surface area contributed by atoms with Gasteiger partial charge in [-0.3, -0.25) is 4.79 Å². The number of nitrogens with zero attached hydrogens (tertiary/aromatic N) is 2. The SMILES string of the molecule is COC1(Cn2c(C(C)C)cnc2SCC(=O)O)CCOC1. The van der Waals surface area contributed by atoms with E-state index in [-0.39, 0.29) is 11.4 Å². The maximum Gasteiger partial charge on any atom is 0.313 e. The highest BCUT2D eigenvalue weighted by atomic mass is 32.2. The van der Waals surface area contributed by atoms with Gasteiger partial charge in [-0.25, -0.2) is 4.98 Å². The number of carboxylic acid groups (broad SMARTS) is 1. The maximum absolute atomic E-state index is 10.8. The van der Waals surface area contributed by atoms with Gasteiger partial charge in [0.05, 0.1) is 18.9 Å². The normalized spacial score (nSPS) is 22.1. The molecule has 1 aromatic heterocycles. The second-order valence-electron chi connectivity index (χ2n) is 5.58. The highest BCUT2D eigenvalue weighted by Gasteiger charge is 2.36. The molecule has 21 heavy (non-hydrogen) atoms. The summed E-state index contributed by atoms with van der Waals surface area (Å²) >= 11 is 1.24. The third-order valence-corrected chi connectivity index (χ3v) is 4.69. The van der Waals surface area contributed by atoms with Gasteiger partial charge < -0.3 is 19.1 Å². The molecule has 6 nitrogen and oxygen atoms in total. The van der Waals surface area contributed by atoms with Crippen molar-refractivity contribution in [2.24, 2.45) is 0 Å². The minimum absolute atomic E-state index is 0.00499. The Labute approximate surface area is 128 Å². The van der Waals surface area contributed by atoms with Crippen LogP contribution in [-0.2, 0) is 20.8 Å². The van der Waals surface area contributed by atoms with Crippen LogP contribution < -0.4 is 0 Å². The smallest absolute Gasteiger partial charge is 0.313 e. The first-order valence-corrected chi connectivity index (χ1v) is 7.99. The van der Waals surface area contributed by atoms with Gasteiger partial charge in [-0.05, 0) is 5.92 Å². The van der Waals surface area contributed by atoms with E-state index in [2.05, 4.69) is 23.4 Å². The number of imidazole rings is 1. The van der Waals surface area contributed by atoms with Crippen molar-refractivity contribution in [2.45, 2.75) is 43.5 Å². The van der Waals surface area contributed by atoms with Gasteiger partial charge in [0.15, 0.2) is 5.16 Å². The van der Waals surface area contributed by atoms with Crippen LogP contribution in [0.25, 0.3) is 0 Å². The first kappa shape index (κ1) is 16.3. The van der Waals surface area contributed by atoms with Crippen LogP contribution in [0.1, 0.15) is 31.9 Å². The molecule has 2 heterocycles. The monoisotopic (exact) mass is 314 g/mol. The first-order chi connectivity index (χ1) is 9.97. The van der Waals surface area contributed by atoms with Crippen LogP contribution >= 0.6 is 11.8 Å². The van der Waals surface area contributed by atoms with Crippen molar-refractivity contribution in [2.75, 3.05) is 26.1 Å². The molecule has 7 heteroatoms. The highest BCUT2D eigenvalue weighted by Crippen LogP contribution is 2.30. The maximum atomic E-state index is 10.8. The Morgan fingerprint density at radius 1 is 1.67 bits per heavy atom. The molecule has 0 radical (unpaired) electrons. The molecule has 1 fully saturated rings. The summed E-state index contributed by atoms with van der Waals surface area (Å²) in [6.45, 7) is 6.09. The lowest BCUT2D eigenvalue weighted by molar-refractivity contribution is -0.133. The van der Waals surface area contributed by atoms with E-state index in [0.29, 0.717) is 25.7 Å². The Morgan fingerprint density at radius 2 is 2.43 bits per heavy atom. The molecule has 1 unspecified atom stereocenters. The lowest BCUT2D eigenvalue weighted by Gasteiger charge is -2.28. The Kier molecular flexibility index (Phi) is 5.29. The van der Waals surface area contributed by atoms with Crippen LogP contribution in [0.2, 0.25) is 0 Å². The first-order valence-electron chi connectivity index (χ1n) is 7.00. The summed E-state index contributed by atoms with van der Waals surface area (Å²) in [5.74, 6) is -0.524. The summed E-state index contributed by atoms with van der Waals surface area (Å²) in [5.41, 5.74) is 0.745. The third-order valence-electron chi connectivity index (χ3n) is 3.71. The standard InChI is InChI=1S/C14H22N2O4S/c1-10(2)11-6-15-13(21-7-12(17)18)16(11)8-14(19-3)4-5-20-9-14/h6,10H,4-5,7-9H2,1-3H3,(H,17,18). The lowest BCUT2D eigenvalue weighted by atomic mass is 10.0. The van der Waals surface area contributed by atoms with E-state index in [1.807, 2.05) is 6.20 Å². The molecular weight excluding hydrogens is 292 g/mol. The Morgan fingerprint density at radius 3 is 2.95 bits per heavy atom. The molecule has 0 saturated carbocycles. The molecule has 0 aliphatic carbocycles. The highest BCUT2D eigenvalue weighted by molar-refractivity contribution is 7.99. The van der Waals surface area contributed by atoms with Crippen LogP contribution in [0.5, 0.6) is 0 Å². The number of aliphatic carboxylic acids is 1. The van der Waals surface area contributed by atoms with Crippen LogP contribution in [0, 0.1) is 0 Å². The van der Waals surface area contributed by atoms with Crippen molar-refractivity contribution in [1.29, 1.82) is 0 Å². The van der Waals surface area contributed by atoms with Gasteiger partial charge in [-0.1, -0.05) is 25.6 Å². The Balaban J connectivity index is 2.25. The average Bonchev–Trinajstić information content (AvgIpc) is 3.04. The van der Waals surface area contributed by atoms with Crippen LogP contribution in [0.15, 0.2) is 11.4 Å². The summed E-state index contributed by atoms with van der Waals surface area (Å²) in [6, 6.07) is 0. The van der Waals surface area contributed by atoms with Gasteiger partial charge in [-0.15, -0.1) is 0 Å². The van der Waals surface area contributed by atoms with E-state index in [1.54, 1.807) is 7.11 Å². The number of carboxylic acids is 1. The predicted molar refractivity (Wildman–Crippen MR) is 79.9 cm³/mol. The summed E-state index contributed by atoms with van der Waals surface area (Å²) in [4.78, 5) is 15.2. The molecule has 2 rings (SSSR count). The van der Waals surface area contributed by atoms with Crippen molar-refractivity contribution in [3.05, 3.63) is 11.9 Å². The van der Waals surface area contributed by atoms with Gasteiger partial charge in [0.1, 0.15) is 5.60 Å². The summed E-state index contributed by atoms with van der Waals surface area (Å²) in [6.07, 6.45) is 2.66. The van der Waals surface area contributed by atoms with Crippen LogP contribution in [-0.4, -0.2) is 52.3 Å². The van der Waals surface area contributed by atoms with Crippen molar-refractivity contribution in [1.82, 2.24) is 9.55 Å². The molecular formula is C14H22N2O4S. The number of carbonyl (C=O) groups is 1. The second-order valence-corrected chi connectivity index (χ2v) is 6.52. The summed E-state index contributed by atoms with van der Waals surface area (Å²) < 4.78 is 13.2. The Hall–Kier alpha value is -1.05. The number of thioether (sulfide) groups is 1. The fraction of sp³-hybridized carbons (Fsp3) is 0.714. The van der Waals surface area contributed by atoms with Gasteiger partial charge in [0, 0.05) is 32.0 Å². The summed E-state index contributed by atoms with van der Waals surface area (Å²) in [7, 11) is 1.70. The number of rotatable bonds is 7. The number of hydrogen-bond acceptors (Lipinski definition) is 5. The zero-order valence-corrected chi connectivity index (χ0v) is 13.5. The van der Waals surface area contributed by atoms with Crippen LogP contribution in [0.4, 0.5) is 0 Å². The Bertz CT molecular complexity index is 495. The number of methoxy groups -OCH3 is 1. The third kappa shape index (κ3) is 3.78. The predicted octanol–water partition coefficient (Wildman–Crippen LogP) is 1.99. The van der Waals surface area contributed by atoms with Crippen LogP contribution in [0.3, 0.4) is 0 Å². The molecule has 1 aliphatic heterocycles. The van der Waals surface area contributed by atoms with E-state index in [9.17, 15) is 4.79 Å². The second kappa shape index (κ2) is 6.81. The minimum atomic E-state index is -0.841. The van der Waals surface area contributed by atoms with Crippen molar-refractivity contribution < 1.29 is 19.4 Å². The number of ether oxygens (including phenoxy) is 2. The van der Waals surface area contributed by atoms with Gasteiger partial charge in [0.25, 0.3) is 0 Å². The summed E-state index contributed by atoms with van der Waals surface area (Å²) in [5, 5.41) is 9.59. The van der Waals surface area contributed by atoms with Gasteiger partial charge in [0.2, 0.25) is 0 Å². The van der Waals surface area contributed by atoms with E-state index in [1.165, 1.54) is 11.8 Å². The van der Waals surface area contributed by atoms with E-state index >= 15 is 0 Å². The molecule has 0 aromatic carbocycles. The fourth-order valence-electron chi connectivity index (χ4n) is 2.46. The molecule has 1 aromatic rings. The average molecular weight is 314 g/mol.